The van der Waals surface area contributed by atoms with Gasteiger partial charge in [0.15, 0.2) is 5.78 Å². The van der Waals surface area contributed by atoms with E-state index < -0.39 is 0 Å². The van der Waals surface area contributed by atoms with Crippen LogP contribution < -0.4 is 10.5 Å². The fourth-order valence-corrected chi connectivity index (χ4v) is 2.07. The maximum atomic E-state index is 12.4. The summed E-state index contributed by atoms with van der Waals surface area (Å²) in [5, 5.41) is 0. The Kier molecular flexibility index (Phi) is 2.11. The van der Waals surface area contributed by atoms with E-state index >= 15 is 0 Å². The van der Waals surface area contributed by atoms with Crippen LogP contribution in [0.5, 0.6) is 5.75 Å². The van der Waals surface area contributed by atoms with Gasteiger partial charge < -0.3 is 10.5 Å². The van der Waals surface area contributed by atoms with Crippen molar-refractivity contribution in [1.29, 1.82) is 0 Å². The van der Waals surface area contributed by atoms with Crippen LogP contribution in [-0.2, 0) is 6.61 Å². The van der Waals surface area contributed by atoms with Crippen LogP contribution in [0.25, 0.3) is 0 Å². The molecule has 1 aliphatic rings. The highest BCUT2D eigenvalue weighted by Crippen LogP contribution is 2.31. The van der Waals surface area contributed by atoms with E-state index in [9.17, 15) is 4.79 Å². The van der Waals surface area contributed by atoms with Crippen LogP contribution in [0.15, 0.2) is 42.5 Å². The Balaban J connectivity index is 2.26. The molecule has 3 rings (SSSR count). The van der Waals surface area contributed by atoms with Gasteiger partial charge in [-0.2, -0.15) is 0 Å². The molecule has 0 saturated carbocycles. The molecule has 0 amide bonds. The minimum Gasteiger partial charge on any atom is -0.488 e. The molecule has 17 heavy (non-hydrogen) atoms. The second kappa shape index (κ2) is 3.63. The van der Waals surface area contributed by atoms with Gasteiger partial charge in [-0.25, -0.2) is 0 Å². The summed E-state index contributed by atoms with van der Waals surface area (Å²) in [5.41, 5.74) is 8.36. The number of anilines is 1. The van der Waals surface area contributed by atoms with Crippen LogP contribution >= 0.6 is 0 Å². The molecule has 0 aromatic heterocycles. The van der Waals surface area contributed by atoms with E-state index in [1.165, 1.54) is 0 Å². The first-order valence-corrected chi connectivity index (χ1v) is 5.41. The zero-order valence-electron chi connectivity index (χ0n) is 9.14. The van der Waals surface area contributed by atoms with E-state index in [1.54, 1.807) is 18.2 Å². The Labute approximate surface area is 98.8 Å². The summed E-state index contributed by atoms with van der Waals surface area (Å²) in [7, 11) is 0. The minimum absolute atomic E-state index is 0.0637. The van der Waals surface area contributed by atoms with Crippen molar-refractivity contribution < 1.29 is 9.53 Å². The second-order valence-electron chi connectivity index (χ2n) is 4.00. The van der Waals surface area contributed by atoms with Crippen molar-refractivity contribution in [3.8, 4) is 5.75 Å². The Morgan fingerprint density at radius 1 is 1.06 bits per heavy atom. The summed E-state index contributed by atoms with van der Waals surface area (Å²) in [4.78, 5) is 12.4. The predicted molar refractivity (Wildman–Crippen MR) is 65.1 cm³/mol. The first-order chi connectivity index (χ1) is 8.27. The van der Waals surface area contributed by atoms with E-state index in [2.05, 4.69) is 0 Å². The third-order valence-corrected chi connectivity index (χ3v) is 2.93. The zero-order chi connectivity index (χ0) is 11.8. The topological polar surface area (TPSA) is 52.3 Å². The summed E-state index contributed by atoms with van der Waals surface area (Å²) in [5.74, 6) is 0.498. The monoisotopic (exact) mass is 225 g/mol. The average molecular weight is 225 g/mol. The molecule has 0 unspecified atom stereocenters. The predicted octanol–water partition coefficient (Wildman–Crippen LogP) is 2.39. The normalized spacial score (nSPS) is 13.3. The summed E-state index contributed by atoms with van der Waals surface area (Å²) >= 11 is 0. The number of nitrogen functional groups attached to an aromatic ring is 1. The number of hydrogen-bond donors (Lipinski definition) is 1. The molecule has 1 aliphatic heterocycles. The molecule has 0 atom stereocenters. The second-order valence-corrected chi connectivity index (χ2v) is 4.00. The lowest BCUT2D eigenvalue weighted by atomic mass is 9.98. The molecular weight excluding hydrogens is 214 g/mol. The third kappa shape index (κ3) is 1.47. The molecular formula is C14H11NO2. The van der Waals surface area contributed by atoms with E-state index in [4.69, 9.17) is 10.5 Å². The summed E-state index contributed by atoms with van der Waals surface area (Å²) in [6, 6.07) is 12.7. The fraction of sp³-hybridized carbons (Fsp3) is 0.0714. The summed E-state index contributed by atoms with van der Waals surface area (Å²) < 4.78 is 5.63. The van der Waals surface area contributed by atoms with E-state index in [-0.39, 0.29) is 5.78 Å². The number of ketones is 1. The lowest BCUT2D eigenvalue weighted by molar-refractivity contribution is 0.103. The highest BCUT2D eigenvalue weighted by Gasteiger charge is 2.23. The minimum atomic E-state index is -0.0637. The number of carbonyl (C=O) groups is 1. The van der Waals surface area contributed by atoms with Crippen LogP contribution in [0.4, 0.5) is 5.69 Å². The van der Waals surface area contributed by atoms with Crippen molar-refractivity contribution in [3.63, 3.8) is 0 Å². The third-order valence-electron chi connectivity index (χ3n) is 2.93. The van der Waals surface area contributed by atoms with Crippen LogP contribution in [0.2, 0.25) is 0 Å². The molecule has 0 saturated heterocycles. The first-order valence-electron chi connectivity index (χ1n) is 5.41. The number of rotatable bonds is 0. The quantitative estimate of drug-likeness (QED) is 0.700. The average Bonchev–Trinajstić information content (AvgIpc) is 2.49. The molecule has 0 spiro atoms. The first kappa shape index (κ1) is 9.90. The summed E-state index contributed by atoms with van der Waals surface area (Å²) in [6.45, 7) is 0.401. The molecule has 0 radical (unpaired) electrons. The Bertz CT molecular complexity index is 605. The molecule has 3 heteroatoms. The van der Waals surface area contributed by atoms with E-state index in [0.29, 0.717) is 29.2 Å². The van der Waals surface area contributed by atoms with Crippen molar-refractivity contribution >= 4 is 11.5 Å². The van der Waals surface area contributed by atoms with Crippen LogP contribution in [-0.4, -0.2) is 5.78 Å². The number of carbonyl (C=O) groups excluding carboxylic acids is 1. The molecule has 0 aliphatic carbocycles. The van der Waals surface area contributed by atoms with Gasteiger partial charge in [0.2, 0.25) is 0 Å². The van der Waals surface area contributed by atoms with Crippen LogP contribution in [0, 0.1) is 0 Å². The zero-order valence-corrected chi connectivity index (χ0v) is 9.14. The Morgan fingerprint density at radius 2 is 1.88 bits per heavy atom. The molecule has 2 N–H and O–H groups in total. The Morgan fingerprint density at radius 3 is 2.76 bits per heavy atom. The SMILES string of the molecule is Nc1cccc2c1C(=O)c1ccccc1CO2. The summed E-state index contributed by atoms with van der Waals surface area (Å²) in [6.07, 6.45) is 0. The van der Waals surface area contributed by atoms with Crippen molar-refractivity contribution in [2.75, 3.05) is 5.73 Å². The van der Waals surface area contributed by atoms with Crippen molar-refractivity contribution in [2.24, 2.45) is 0 Å². The fourth-order valence-electron chi connectivity index (χ4n) is 2.07. The largest absolute Gasteiger partial charge is 0.488 e. The van der Waals surface area contributed by atoms with E-state index in [0.717, 1.165) is 5.56 Å². The van der Waals surface area contributed by atoms with Crippen molar-refractivity contribution in [3.05, 3.63) is 59.2 Å². The van der Waals surface area contributed by atoms with Gasteiger partial charge in [0.05, 0.1) is 5.56 Å². The van der Waals surface area contributed by atoms with Gasteiger partial charge >= 0.3 is 0 Å². The maximum Gasteiger partial charge on any atom is 0.199 e. The number of ether oxygens (including phenoxy) is 1. The Hall–Kier alpha value is -2.29. The van der Waals surface area contributed by atoms with Gasteiger partial charge in [0, 0.05) is 16.8 Å². The maximum absolute atomic E-state index is 12.4. The van der Waals surface area contributed by atoms with Crippen LogP contribution in [0.1, 0.15) is 21.5 Å². The van der Waals surface area contributed by atoms with Gasteiger partial charge in [-0.05, 0) is 12.1 Å². The van der Waals surface area contributed by atoms with Gasteiger partial charge in [-0.15, -0.1) is 0 Å². The smallest absolute Gasteiger partial charge is 0.199 e. The molecule has 2 aromatic carbocycles. The van der Waals surface area contributed by atoms with Gasteiger partial charge in [-0.1, -0.05) is 30.3 Å². The van der Waals surface area contributed by atoms with E-state index in [1.807, 2.05) is 24.3 Å². The van der Waals surface area contributed by atoms with Crippen molar-refractivity contribution in [1.82, 2.24) is 0 Å². The molecule has 0 bridgehead atoms. The highest BCUT2D eigenvalue weighted by molar-refractivity contribution is 6.15. The standard InChI is InChI=1S/C14H11NO2/c15-11-6-3-7-12-13(11)14(16)10-5-2-1-4-9(10)8-17-12/h1-7H,8,15H2. The molecule has 0 fully saturated rings. The van der Waals surface area contributed by atoms with Gasteiger partial charge in [0.1, 0.15) is 12.4 Å². The molecule has 3 nitrogen and oxygen atoms in total. The molecule has 84 valence electrons. The number of nitrogens with two attached hydrogens (primary N) is 1. The van der Waals surface area contributed by atoms with Crippen molar-refractivity contribution in [2.45, 2.75) is 6.61 Å². The number of hydrogen-bond acceptors (Lipinski definition) is 3. The van der Waals surface area contributed by atoms with Crippen LogP contribution in [0.3, 0.4) is 0 Å². The molecule has 2 aromatic rings. The highest BCUT2D eigenvalue weighted by atomic mass is 16.5. The van der Waals surface area contributed by atoms with Gasteiger partial charge in [0.25, 0.3) is 0 Å². The van der Waals surface area contributed by atoms with Gasteiger partial charge in [-0.3, -0.25) is 4.79 Å². The number of fused-ring (bicyclic) bond motifs is 2. The lowest BCUT2D eigenvalue weighted by Crippen LogP contribution is -2.05. The molecule has 1 heterocycles. The number of benzene rings is 2. The lowest BCUT2D eigenvalue weighted by Gasteiger charge is -2.07.